The van der Waals surface area contributed by atoms with Crippen LogP contribution in [0.2, 0.25) is 0 Å². The van der Waals surface area contributed by atoms with Crippen LogP contribution in [0.3, 0.4) is 0 Å². The predicted molar refractivity (Wildman–Crippen MR) is 64.0 cm³/mol. The average Bonchev–Trinajstić information content (AvgIpc) is 2.29. The second kappa shape index (κ2) is 9.38. The predicted octanol–water partition coefficient (Wildman–Crippen LogP) is 0.550. The van der Waals surface area contributed by atoms with Gasteiger partial charge in [0.2, 0.25) is 0 Å². The van der Waals surface area contributed by atoms with Gasteiger partial charge in [-0.2, -0.15) is 0 Å². The van der Waals surface area contributed by atoms with Gasteiger partial charge in [-0.3, -0.25) is 0 Å². The van der Waals surface area contributed by atoms with Crippen LogP contribution >= 0.6 is 0 Å². The van der Waals surface area contributed by atoms with E-state index in [1.54, 1.807) is 0 Å². The van der Waals surface area contributed by atoms with Crippen molar-refractivity contribution in [3.8, 4) is 0 Å². The van der Waals surface area contributed by atoms with Gasteiger partial charge in [0, 0.05) is 12.2 Å². The molecule has 2 unspecified atom stereocenters. The maximum absolute atomic E-state index is 10.2. The largest absolute Gasteiger partial charge is 0.478 e. The van der Waals surface area contributed by atoms with Crippen molar-refractivity contribution in [1.82, 2.24) is 0 Å². The summed E-state index contributed by atoms with van der Waals surface area (Å²) in [4.78, 5) is 20.3. The maximum Gasteiger partial charge on any atom is 0.328 e. The topological polar surface area (TPSA) is 115 Å². The summed E-state index contributed by atoms with van der Waals surface area (Å²) in [5, 5.41) is 35.3. The first-order valence-electron chi connectivity index (χ1n) is 5.60. The molecule has 6 nitrogen and oxygen atoms in total. The molecule has 0 spiro atoms. The van der Waals surface area contributed by atoms with Crippen LogP contribution in [0.5, 0.6) is 0 Å². The molecule has 6 heteroatoms. The van der Waals surface area contributed by atoms with Gasteiger partial charge in [0.05, 0.1) is 12.2 Å². The van der Waals surface area contributed by atoms with Gasteiger partial charge >= 0.3 is 11.9 Å². The Kier molecular flexibility index (Phi) is 8.51. The summed E-state index contributed by atoms with van der Waals surface area (Å²) in [7, 11) is 0. The van der Waals surface area contributed by atoms with Crippen LogP contribution in [0.1, 0.15) is 25.7 Å². The van der Waals surface area contributed by atoms with E-state index < -0.39 is 24.1 Å². The molecule has 0 aromatic carbocycles. The van der Waals surface area contributed by atoms with E-state index in [1.165, 1.54) is 12.2 Å². The minimum atomic E-state index is -1.11. The van der Waals surface area contributed by atoms with Crippen molar-refractivity contribution in [2.75, 3.05) is 0 Å². The lowest BCUT2D eigenvalue weighted by Gasteiger charge is -2.07. The average molecular weight is 258 g/mol. The molecular weight excluding hydrogens is 240 g/mol. The van der Waals surface area contributed by atoms with Gasteiger partial charge in [0.1, 0.15) is 0 Å². The van der Waals surface area contributed by atoms with Gasteiger partial charge in [-0.15, -0.1) is 0 Å². The molecule has 2 atom stereocenters. The molecule has 0 amide bonds. The number of carboxylic acid groups (broad SMARTS) is 2. The summed E-state index contributed by atoms with van der Waals surface area (Å²) in [6, 6.07) is 0. The van der Waals surface area contributed by atoms with Crippen molar-refractivity contribution in [3.63, 3.8) is 0 Å². The molecule has 0 aliphatic rings. The summed E-state index contributed by atoms with van der Waals surface area (Å²) in [5.74, 6) is -2.22. The van der Waals surface area contributed by atoms with E-state index >= 15 is 0 Å². The van der Waals surface area contributed by atoms with Gasteiger partial charge in [0.25, 0.3) is 0 Å². The van der Waals surface area contributed by atoms with Gasteiger partial charge in [-0.1, -0.05) is 12.8 Å². The van der Waals surface area contributed by atoms with Crippen molar-refractivity contribution in [1.29, 1.82) is 0 Å². The maximum atomic E-state index is 10.2. The van der Waals surface area contributed by atoms with Gasteiger partial charge in [-0.25, -0.2) is 9.59 Å². The standard InChI is InChI=1S/C12H18O6/c13-9(5-7-11(15)16)3-1-2-4-10(14)6-8-12(17)18/h5-10,13-14H,1-4H2,(H,15,16)(H,17,18). The molecule has 0 saturated carbocycles. The van der Waals surface area contributed by atoms with Crippen molar-refractivity contribution < 1.29 is 30.0 Å². The first-order valence-corrected chi connectivity index (χ1v) is 5.60. The molecule has 18 heavy (non-hydrogen) atoms. The van der Waals surface area contributed by atoms with E-state index in [-0.39, 0.29) is 0 Å². The van der Waals surface area contributed by atoms with E-state index in [9.17, 15) is 19.8 Å². The van der Waals surface area contributed by atoms with Crippen molar-refractivity contribution >= 4 is 11.9 Å². The van der Waals surface area contributed by atoms with Crippen LogP contribution in [0.15, 0.2) is 24.3 Å². The second-order valence-electron chi connectivity index (χ2n) is 3.81. The van der Waals surface area contributed by atoms with E-state index in [2.05, 4.69) is 0 Å². The van der Waals surface area contributed by atoms with Crippen LogP contribution in [-0.4, -0.2) is 44.6 Å². The zero-order chi connectivity index (χ0) is 14.0. The zero-order valence-electron chi connectivity index (χ0n) is 9.90. The third-order valence-corrected chi connectivity index (χ3v) is 2.17. The Morgan fingerprint density at radius 3 is 1.44 bits per heavy atom. The highest BCUT2D eigenvalue weighted by atomic mass is 16.4. The summed E-state index contributed by atoms with van der Waals surface area (Å²) in [6.07, 6.45) is 4.57. The van der Waals surface area contributed by atoms with Crippen LogP contribution in [0.25, 0.3) is 0 Å². The Morgan fingerprint density at radius 1 is 0.833 bits per heavy atom. The number of aliphatic carboxylic acids is 2. The second-order valence-corrected chi connectivity index (χ2v) is 3.81. The molecule has 0 aromatic rings. The zero-order valence-corrected chi connectivity index (χ0v) is 9.90. The highest BCUT2D eigenvalue weighted by Gasteiger charge is 2.03. The first-order chi connectivity index (χ1) is 8.41. The molecule has 0 aromatic heterocycles. The molecule has 0 bridgehead atoms. The van der Waals surface area contributed by atoms with Gasteiger partial charge in [-0.05, 0) is 25.0 Å². The fourth-order valence-corrected chi connectivity index (χ4v) is 1.29. The van der Waals surface area contributed by atoms with Gasteiger partial charge < -0.3 is 20.4 Å². The Hall–Kier alpha value is -1.66. The molecule has 0 saturated heterocycles. The monoisotopic (exact) mass is 258 g/mol. The van der Waals surface area contributed by atoms with Crippen LogP contribution in [0.4, 0.5) is 0 Å². The van der Waals surface area contributed by atoms with E-state index in [1.807, 2.05) is 0 Å². The fraction of sp³-hybridized carbons (Fsp3) is 0.500. The van der Waals surface area contributed by atoms with E-state index in [0.29, 0.717) is 25.7 Å². The number of aliphatic hydroxyl groups excluding tert-OH is 2. The van der Waals surface area contributed by atoms with E-state index in [0.717, 1.165) is 12.2 Å². The van der Waals surface area contributed by atoms with Crippen LogP contribution < -0.4 is 0 Å². The number of hydrogen-bond donors (Lipinski definition) is 4. The molecule has 4 N–H and O–H groups in total. The molecule has 0 radical (unpaired) electrons. The quantitative estimate of drug-likeness (QED) is 0.354. The number of carboxylic acids is 2. The summed E-state index contributed by atoms with van der Waals surface area (Å²) < 4.78 is 0. The smallest absolute Gasteiger partial charge is 0.328 e. The Bertz CT molecular complexity index is 289. The number of rotatable bonds is 9. The Labute approximate surface area is 105 Å². The molecule has 0 aliphatic heterocycles. The molecule has 102 valence electrons. The number of carbonyl (C=O) groups is 2. The van der Waals surface area contributed by atoms with Crippen LogP contribution in [-0.2, 0) is 9.59 Å². The van der Waals surface area contributed by atoms with Crippen molar-refractivity contribution in [2.45, 2.75) is 37.9 Å². The molecular formula is C12H18O6. The number of hydrogen-bond acceptors (Lipinski definition) is 4. The van der Waals surface area contributed by atoms with Crippen LogP contribution in [0, 0.1) is 0 Å². The SMILES string of the molecule is O=C(O)C=CC(O)CCCCC(O)C=CC(=O)O. The Balaban J connectivity index is 3.67. The minimum absolute atomic E-state index is 0.402. The lowest BCUT2D eigenvalue weighted by molar-refractivity contribution is -0.132. The van der Waals surface area contributed by atoms with Crippen molar-refractivity contribution in [3.05, 3.63) is 24.3 Å². The highest BCUT2D eigenvalue weighted by molar-refractivity contribution is 5.80. The fourth-order valence-electron chi connectivity index (χ4n) is 1.29. The first kappa shape index (κ1) is 16.3. The minimum Gasteiger partial charge on any atom is -0.478 e. The summed E-state index contributed by atoms with van der Waals surface area (Å²) >= 11 is 0. The lowest BCUT2D eigenvalue weighted by atomic mass is 10.1. The molecule has 0 heterocycles. The number of unbranched alkanes of at least 4 members (excludes halogenated alkanes) is 1. The van der Waals surface area contributed by atoms with Gasteiger partial charge in [0.15, 0.2) is 0 Å². The third kappa shape index (κ3) is 10.8. The summed E-state index contributed by atoms with van der Waals surface area (Å²) in [6.45, 7) is 0. The molecule has 0 rings (SSSR count). The van der Waals surface area contributed by atoms with Crippen molar-refractivity contribution in [2.24, 2.45) is 0 Å². The molecule has 0 aliphatic carbocycles. The summed E-state index contributed by atoms with van der Waals surface area (Å²) in [5.41, 5.74) is 0. The highest BCUT2D eigenvalue weighted by Crippen LogP contribution is 2.07. The third-order valence-electron chi connectivity index (χ3n) is 2.17. The molecule has 0 fully saturated rings. The normalized spacial score (nSPS) is 15.0. The lowest BCUT2D eigenvalue weighted by Crippen LogP contribution is -2.06. The van der Waals surface area contributed by atoms with E-state index in [4.69, 9.17) is 10.2 Å². The number of aliphatic hydroxyl groups is 2. The Morgan fingerprint density at radius 2 is 1.17 bits per heavy atom.